The summed E-state index contributed by atoms with van der Waals surface area (Å²) in [6, 6.07) is 0.0351. The van der Waals surface area contributed by atoms with Crippen molar-refractivity contribution in [1.29, 1.82) is 0 Å². The predicted molar refractivity (Wildman–Crippen MR) is 64.4 cm³/mol. The minimum absolute atomic E-state index is 0.0326. The van der Waals surface area contributed by atoms with Crippen molar-refractivity contribution in [3.63, 3.8) is 0 Å². The maximum absolute atomic E-state index is 12.1. The Labute approximate surface area is 102 Å². The van der Waals surface area contributed by atoms with E-state index in [2.05, 4.69) is 10.6 Å². The first-order valence-electron chi connectivity index (χ1n) is 6.42. The van der Waals surface area contributed by atoms with Crippen LogP contribution >= 0.6 is 0 Å². The first-order chi connectivity index (χ1) is 8.09. The topological polar surface area (TPSA) is 61.4 Å². The Morgan fingerprint density at radius 3 is 2.47 bits per heavy atom. The number of nitrogens with one attached hydrogen (secondary N) is 2. The van der Waals surface area contributed by atoms with Gasteiger partial charge in [0, 0.05) is 12.1 Å². The largest absolute Gasteiger partial charge is 0.317 e. The lowest BCUT2D eigenvalue weighted by molar-refractivity contribution is -0.140. The zero-order chi connectivity index (χ0) is 12.4. The third kappa shape index (κ3) is 2.66. The van der Waals surface area contributed by atoms with Gasteiger partial charge in [-0.15, -0.1) is 0 Å². The second-order valence-electron chi connectivity index (χ2n) is 5.14. The molecule has 2 rings (SSSR count). The van der Waals surface area contributed by atoms with Crippen molar-refractivity contribution in [1.82, 2.24) is 15.5 Å². The predicted octanol–water partition coefficient (Wildman–Crippen LogP) is -0.136. The van der Waals surface area contributed by atoms with Gasteiger partial charge in [-0.05, 0) is 39.8 Å². The number of carbonyl (C=O) groups excluding carboxylic acids is 2. The number of hydrogen-bond acceptors (Lipinski definition) is 4. The van der Waals surface area contributed by atoms with E-state index < -0.39 is 0 Å². The molecule has 0 bridgehead atoms. The monoisotopic (exact) mass is 239 g/mol. The van der Waals surface area contributed by atoms with Crippen LogP contribution in [0.15, 0.2) is 0 Å². The minimum Gasteiger partial charge on any atom is -0.317 e. The summed E-state index contributed by atoms with van der Waals surface area (Å²) < 4.78 is 0. The lowest BCUT2D eigenvalue weighted by atomic mass is 10.1. The maximum Gasteiger partial charge on any atom is 0.247 e. The summed E-state index contributed by atoms with van der Waals surface area (Å²) in [5.41, 5.74) is 0. The number of rotatable bonds is 3. The van der Waals surface area contributed by atoms with Crippen LogP contribution < -0.4 is 10.6 Å². The van der Waals surface area contributed by atoms with Crippen molar-refractivity contribution in [3.05, 3.63) is 0 Å². The molecule has 2 aliphatic heterocycles. The Balaban J connectivity index is 1.94. The van der Waals surface area contributed by atoms with Gasteiger partial charge in [-0.3, -0.25) is 14.5 Å². The third-order valence-corrected chi connectivity index (χ3v) is 3.48. The number of amides is 2. The summed E-state index contributed by atoms with van der Waals surface area (Å²) >= 11 is 0. The molecule has 0 aromatic rings. The Kier molecular flexibility index (Phi) is 3.79. The highest BCUT2D eigenvalue weighted by atomic mass is 16.2. The lowest BCUT2D eigenvalue weighted by Gasteiger charge is -2.26. The lowest BCUT2D eigenvalue weighted by Crippen LogP contribution is -2.48. The van der Waals surface area contributed by atoms with Gasteiger partial charge in [0.25, 0.3) is 0 Å². The third-order valence-electron chi connectivity index (χ3n) is 3.48. The fourth-order valence-corrected chi connectivity index (χ4v) is 2.60. The molecule has 0 saturated carbocycles. The van der Waals surface area contributed by atoms with E-state index in [0.29, 0.717) is 12.5 Å². The molecule has 0 radical (unpaired) electrons. The molecule has 1 unspecified atom stereocenters. The van der Waals surface area contributed by atoms with Crippen LogP contribution in [0.3, 0.4) is 0 Å². The fraction of sp³-hybridized carbons (Fsp3) is 0.833. The fourth-order valence-electron chi connectivity index (χ4n) is 2.60. The molecule has 0 spiro atoms. The van der Waals surface area contributed by atoms with Crippen LogP contribution in [0.1, 0.15) is 33.1 Å². The molecule has 5 heteroatoms. The smallest absolute Gasteiger partial charge is 0.247 e. The molecule has 0 aliphatic carbocycles. The van der Waals surface area contributed by atoms with Crippen LogP contribution in [0.2, 0.25) is 0 Å². The van der Waals surface area contributed by atoms with Gasteiger partial charge in [-0.2, -0.15) is 0 Å². The Morgan fingerprint density at radius 1 is 1.29 bits per heavy atom. The van der Waals surface area contributed by atoms with E-state index in [-0.39, 0.29) is 23.9 Å². The van der Waals surface area contributed by atoms with Crippen molar-refractivity contribution in [2.45, 2.75) is 51.2 Å². The van der Waals surface area contributed by atoms with Gasteiger partial charge >= 0.3 is 0 Å². The van der Waals surface area contributed by atoms with Gasteiger partial charge in [0.1, 0.15) is 0 Å². The molecular weight excluding hydrogens is 218 g/mol. The highest BCUT2D eigenvalue weighted by molar-refractivity contribution is 6.05. The zero-order valence-corrected chi connectivity index (χ0v) is 10.5. The van der Waals surface area contributed by atoms with Crippen molar-refractivity contribution in [2.24, 2.45) is 0 Å². The number of piperidine rings is 1. The standard InChI is InChI=1S/C12H21N3O2/c1-8(2)15-11(16)7-10(12(15)17)14-9-3-5-13-6-4-9/h8-10,13-14H,3-7H2,1-2H3. The van der Waals surface area contributed by atoms with Crippen LogP contribution in [0.25, 0.3) is 0 Å². The van der Waals surface area contributed by atoms with Gasteiger partial charge in [0.15, 0.2) is 0 Å². The van der Waals surface area contributed by atoms with Gasteiger partial charge < -0.3 is 10.6 Å². The molecule has 0 aromatic heterocycles. The number of hydrogen-bond donors (Lipinski definition) is 2. The first-order valence-corrected chi connectivity index (χ1v) is 6.42. The Morgan fingerprint density at radius 2 is 1.94 bits per heavy atom. The van der Waals surface area contributed by atoms with E-state index in [1.807, 2.05) is 13.8 Å². The molecule has 2 heterocycles. The number of carbonyl (C=O) groups is 2. The summed E-state index contributed by atoms with van der Waals surface area (Å²) in [6.07, 6.45) is 2.38. The highest BCUT2D eigenvalue weighted by Gasteiger charge is 2.40. The van der Waals surface area contributed by atoms with Crippen molar-refractivity contribution < 1.29 is 9.59 Å². The quantitative estimate of drug-likeness (QED) is 0.673. The van der Waals surface area contributed by atoms with E-state index in [1.54, 1.807) is 0 Å². The number of likely N-dealkylation sites (tertiary alicyclic amines) is 1. The van der Waals surface area contributed by atoms with Crippen LogP contribution in [0.4, 0.5) is 0 Å². The van der Waals surface area contributed by atoms with Crippen LogP contribution in [-0.4, -0.2) is 47.9 Å². The second kappa shape index (κ2) is 5.14. The summed E-state index contributed by atoms with van der Waals surface area (Å²) in [7, 11) is 0. The van der Waals surface area contributed by atoms with E-state index in [0.717, 1.165) is 25.9 Å². The van der Waals surface area contributed by atoms with Crippen molar-refractivity contribution in [2.75, 3.05) is 13.1 Å². The minimum atomic E-state index is -0.298. The molecule has 2 aliphatic rings. The molecule has 2 fully saturated rings. The van der Waals surface area contributed by atoms with Crippen LogP contribution in [0.5, 0.6) is 0 Å². The van der Waals surface area contributed by atoms with Crippen LogP contribution in [0, 0.1) is 0 Å². The SMILES string of the molecule is CC(C)N1C(=O)CC(NC2CCNCC2)C1=O. The highest BCUT2D eigenvalue weighted by Crippen LogP contribution is 2.17. The summed E-state index contributed by atoms with van der Waals surface area (Å²) in [5.74, 6) is -0.0973. The maximum atomic E-state index is 12.1. The van der Waals surface area contributed by atoms with Gasteiger partial charge in [-0.1, -0.05) is 0 Å². The number of nitrogens with zero attached hydrogens (tertiary/aromatic N) is 1. The molecule has 2 amide bonds. The zero-order valence-electron chi connectivity index (χ0n) is 10.5. The molecule has 96 valence electrons. The summed E-state index contributed by atoms with van der Waals surface area (Å²) in [4.78, 5) is 25.2. The van der Waals surface area contributed by atoms with Gasteiger partial charge in [0.05, 0.1) is 12.5 Å². The average Bonchev–Trinajstić information content (AvgIpc) is 2.55. The summed E-state index contributed by atoms with van der Waals surface area (Å²) in [6.45, 7) is 5.73. The van der Waals surface area contributed by atoms with E-state index in [1.165, 1.54) is 4.90 Å². The molecule has 17 heavy (non-hydrogen) atoms. The molecule has 5 nitrogen and oxygen atoms in total. The normalized spacial score (nSPS) is 27.2. The Hall–Kier alpha value is -0.940. The molecule has 2 saturated heterocycles. The number of imide groups is 1. The molecule has 1 atom stereocenters. The molecular formula is C12H21N3O2. The van der Waals surface area contributed by atoms with E-state index in [9.17, 15) is 9.59 Å². The second-order valence-corrected chi connectivity index (χ2v) is 5.14. The Bertz CT molecular complexity index is 311. The van der Waals surface area contributed by atoms with E-state index >= 15 is 0 Å². The van der Waals surface area contributed by atoms with E-state index in [4.69, 9.17) is 0 Å². The van der Waals surface area contributed by atoms with Gasteiger partial charge in [0.2, 0.25) is 11.8 Å². The molecule has 2 N–H and O–H groups in total. The average molecular weight is 239 g/mol. The summed E-state index contributed by atoms with van der Waals surface area (Å²) in [5, 5.41) is 6.62. The van der Waals surface area contributed by atoms with Crippen molar-refractivity contribution in [3.8, 4) is 0 Å². The van der Waals surface area contributed by atoms with Crippen LogP contribution in [-0.2, 0) is 9.59 Å². The van der Waals surface area contributed by atoms with Crippen molar-refractivity contribution >= 4 is 11.8 Å². The molecule has 0 aromatic carbocycles. The van der Waals surface area contributed by atoms with Gasteiger partial charge in [-0.25, -0.2) is 0 Å². The first kappa shape index (κ1) is 12.5.